The second-order valence-electron chi connectivity index (χ2n) is 5.76. The molecule has 20 heavy (non-hydrogen) atoms. The highest BCUT2D eigenvalue weighted by Crippen LogP contribution is 2.24. The minimum Gasteiger partial charge on any atom is -0.381 e. The number of carbonyl (C=O) groups excluding carboxylic acids is 1. The minimum absolute atomic E-state index is 0.127. The highest BCUT2D eigenvalue weighted by atomic mass is 16.5. The van der Waals surface area contributed by atoms with Crippen LogP contribution in [0.1, 0.15) is 36.9 Å². The van der Waals surface area contributed by atoms with E-state index >= 15 is 0 Å². The van der Waals surface area contributed by atoms with Gasteiger partial charge in [0, 0.05) is 18.9 Å². The Morgan fingerprint density at radius 3 is 2.85 bits per heavy atom. The lowest BCUT2D eigenvalue weighted by atomic mass is 9.90. The van der Waals surface area contributed by atoms with Crippen LogP contribution in [0.3, 0.4) is 0 Å². The summed E-state index contributed by atoms with van der Waals surface area (Å²) < 4.78 is 5.27. The van der Waals surface area contributed by atoms with Crippen LogP contribution in [0, 0.1) is 0 Å². The van der Waals surface area contributed by atoms with Crippen LogP contribution in [0.25, 0.3) is 0 Å². The molecule has 1 aliphatic heterocycles. The molecule has 0 radical (unpaired) electrons. The van der Waals surface area contributed by atoms with Gasteiger partial charge in [-0.05, 0) is 50.2 Å². The molecule has 1 saturated heterocycles. The fraction of sp³-hybridized carbons (Fsp3) is 0.600. The second kappa shape index (κ2) is 5.50. The Morgan fingerprint density at radius 1 is 1.30 bits per heavy atom. The van der Waals surface area contributed by atoms with Crippen molar-refractivity contribution >= 4 is 11.6 Å². The Balaban J connectivity index is 1.72. The monoisotopic (exact) mass is 275 g/mol. The van der Waals surface area contributed by atoms with Gasteiger partial charge in [0.15, 0.2) is 0 Å². The third-order valence-corrected chi connectivity index (χ3v) is 4.26. The number of ether oxygens (including phenoxy) is 1. The predicted molar refractivity (Wildman–Crippen MR) is 76.5 cm³/mol. The van der Waals surface area contributed by atoms with Crippen molar-refractivity contribution in [3.63, 3.8) is 0 Å². The smallest absolute Gasteiger partial charge is 0.244 e. The molecule has 3 rings (SSSR count). The van der Waals surface area contributed by atoms with Crippen molar-refractivity contribution < 1.29 is 9.53 Å². The Bertz CT molecular complexity index is 510. The summed E-state index contributed by atoms with van der Waals surface area (Å²) in [5.41, 5.74) is 8.55. The van der Waals surface area contributed by atoms with Crippen LogP contribution >= 0.6 is 0 Å². The third kappa shape index (κ3) is 2.69. The maximum absolute atomic E-state index is 12.3. The van der Waals surface area contributed by atoms with Crippen LogP contribution in [0.5, 0.6) is 0 Å². The van der Waals surface area contributed by atoms with Crippen LogP contribution in [0.4, 0.5) is 5.69 Å². The molecule has 1 aromatic rings. The van der Waals surface area contributed by atoms with Gasteiger partial charge in [-0.15, -0.1) is 0 Å². The first kappa shape index (κ1) is 13.5. The highest BCUT2D eigenvalue weighted by molar-refractivity contribution is 5.98. The number of amides is 1. The summed E-state index contributed by atoms with van der Waals surface area (Å²) in [5, 5.41) is 2.92. The lowest BCUT2D eigenvalue weighted by Crippen LogP contribution is -2.54. The van der Waals surface area contributed by atoms with Crippen molar-refractivity contribution in [2.24, 2.45) is 5.73 Å². The molecule has 108 valence electrons. The molecule has 1 aromatic heterocycles. The van der Waals surface area contributed by atoms with Crippen molar-refractivity contribution in [1.29, 1.82) is 0 Å². The number of hydrogen-bond acceptors (Lipinski definition) is 4. The van der Waals surface area contributed by atoms with E-state index in [9.17, 15) is 4.79 Å². The number of nitrogens with two attached hydrogens (primary N) is 1. The number of fused-ring (bicyclic) bond motifs is 1. The van der Waals surface area contributed by atoms with Gasteiger partial charge < -0.3 is 15.8 Å². The molecule has 2 aliphatic rings. The number of hydrogen-bond donors (Lipinski definition) is 2. The molecule has 1 amide bonds. The number of aryl methyl sites for hydroxylation is 2. The quantitative estimate of drug-likeness (QED) is 0.855. The average molecular weight is 275 g/mol. The van der Waals surface area contributed by atoms with E-state index in [0.29, 0.717) is 26.1 Å². The number of aromatic nitrogens is 1. The first-order valence-electron chi connectivity index (χ1n) is 7.33. The second-order valence-corrected chi connectivity index (χ2v) is 5.76. The van der Waals surface area contributed by atoms with Crippen LogP contribution in [0.15, 0.2) is 12.3 Å². The molecule has 5 heteroatoms. The summed E-state index contributed by atoms with van der Waals surface area (Å²) >= 11 is 0. The van der Waals surface area contributed by atoms with E-state index in [0.717, 1.165) is 18.5 Å². The number of pyridine rings is 1. The fourth-order valence-corrected chi connectivity index (χ4v) is 2.87. The van der Waals surface area contributed by atoms with Gasteiger partial charge in [-0.25, -0.2) is 0 Å². The van der Waals surface area contributed by atoms with Crippen LogP contribution < -0.4 is 11.1 Å². The van der Waals surface area contributed by atoms with E-state index in [4.69, 9.17) is 10.5 Å². The first-order valence-corrected chi connectivity index (χ1v) is 7.33. The fourth-order valence-electron chi connectivity index (χ4n) is 2.87. The summed E-state index contributed by atoms with van der Waals surface area (Å²) in [5.74, 6) is -0.127. The van der Waals surface area contributed by atoms with Crippen molar-refractivity contribution in [3.8, 4) is 0 Å². The van der Waals surface area contributed by atoms with E-state index in [1.807, 2.05) is 6.07 Å². The zero-order chi connectivity index (χ0) is 14.0. The molecule has 3 N–H and O–H groups in total. The van der Waals surface area contributed by atoms with Crippen molar-refractivity contribution in [2.75, 3.05) is 18.5 Å². The Morgan fingerprint density at radius 2 is 2.05 bits per heavy atom. The lowest BCUT2D eigenvalue weighted by Gasteiger charge is -2.31. The zero-order valence-electron chi connectivity index (χ0n) is 11.7. The molecular weight excluding hydrogens is 254 g/mol. The molecule has 1 aliphatic carbocycles. The average Bonchev–Trinajstić information content (AvgIpc) is 2.48. The van der Waals surface area contributed by atoms with E-state index < -0.39 is 5.54 Å². The van der Waals surface area contributed by atoms with Gasteiger partial charge in [0.25, 0.3) is 0 Å². The summed E-state index contributed by atoms with van der Waals surface area (Å²) in [7, 11) is 0. The number of anilines is 1. The maximum atomic E-state index is 12.3. The van der Waals surface area contributed by atoms with Gasteiger partial charge >= 0.3 is 0 Å². The van der Waals surface area contributed by atoms with Gasteiger partial charge in [-0.2, -0.15) is 0 Å². The molecule has 0 aromatic carbocycles. The lowest BCUT2D eigenvalue weighted by molar-refractivity contribution is -0.124. The van der Waals surface area contributed by atoms with Gasteiger partial charge in [0.1, 0.15) is 5.54 Å². The van der Waals surface area contributed by atoms with Crippen molar-refractivity contribution in [2.45, 2.75) is 44.1 Å². The molecule has 5 nitrogen and oxygen atoms in total. The normalized spacial score (nSPS) is 21.1. The first-order chi connectivity index (χ1) is 9.67. The third-order valence-electron chi connectivity index (χ3n) is 4.26. The largest absolute Gasteiger partial charge is 0.381 e. The van der Waals surface area contributed by atoms with Gasteiger partial charge in [-0.1, -0.05) is 0 Å². The number of rotatable bonds is 2. The number of nitrogens with zero attached hydrogens (tertiary/aromatic N) is 1. The van der Waals surface area contributed by atoms with Gasteiger partial charge in [0.05, 0.1) is 11.9 Å². The molecule has 0 unspecified atom stereocenters. The number of nitrogens with one attached hydrogen (secondary N) is 1. The Hall–Kier alpha value is -1.46. The molecule has 0 atom stereocenters. The summed E-state index contributed by atoms with van der Waals surface area (Å²) in [6, 6.07) is 2.04. The predicted octanol–water partition coefficient (Wildman–Crippen LogP) is 1.41. The standard InChI is InChI=1S/C15H21N3O2/c16-15(5-7-20-8-6-15)14(19)18-12-9-11-3-1-2-4-13(11)17-10-12/h9-10H,1-8,16H2,(H,18,19). The molecule has 2 heterocycles. The van der Waals surface area contributed by atoms with Gasteiger partial charge in [0.2, 0.25) is 5.91 Å². The van der Waals surface area contributed by atoms with E-state index in [1.165, 1.54) is 24.1 Å². The molecule has 0 spiro atoms. The topological polar surface area (TPSA) is 77.2 Å². The number of carbonyl (C=O) groups is 1. The Labute approximate surface area is 118 Å². The molecule has 0 saturated carbocycles. The Kier molecular flexibility index (Phi) is 3.72. The van der Waals surface area contributed by atoms with Crippen molar-refractivity contribution in [1.82, 2.24) is 4.98 Å². The van der Waals surface area contributed by atoms with E-state index in [-0.39, 0.29) is 5.91 Å². The summed E-state index contributed by atoms with van der Waals surface area (Å²) in [4.78, 5) is 16.8. The van der Waals surface area contributed by atoms with Crippen LogP contribution in [0.2, 0.25) is 0 Å². The van der Waals surface area contributed by atoms with Gasteiger partial charge in [-0.3, -0.25) is 9.78 Å². The van der Waals surface area contributed by atoms with Crippen LogP contribution in [-0.2, 0) is 22.4 Å². The molecule has 0 bridgehead atoms. The minimum atomic E-state index is -0.811. The van der Waals surface area contributed by atoms with Crippen LogP contribution in [-0.4, -0.2) is 29.6 Å². The van der Waals surface area contributed by atoms with E-state index in [1.54, 1.807) is 6.20 Å². The zero-order valence-corrected chi connectivity index (χ0v) is 11.7. The summed E-state index contributed by atoms with van der Waals surface area (Å²) in [6.07, 6.45) is 7.37. The molecular formula is C15H21N3O2. The maximum Gasteiger partial charge on any atom is 0.244 e. The highest BCUT2D eigenvalue weighted by Gasteiger charge is 2.36. The molecule has 1 fully saturated rings. The van der Waals surface area contributed by atoms with Crippen molar-refractivity contribution in [3.05, 3.63) is 23.5 Å². The summed E-state index contributed by atoms with van der Waals surface area (Å²) in [6.45, 7) is 1.10. The van der Waals surface area contributed by atoms with E-state index in [2.05, 4.69) is 10.3 Å². The SMILES string of the molecule is NC1(C(=O)Nc2cnc3c(c2)CCCC3)CCOCC1.